The summed E-state index contributed by atoms with van der Waals surface area (Å²) in [5.41, 5.74) is 11.5. The SMILES string of the molecule is NC(=O)CC[C@H](NC(=O)[C@H](Cc1ccc(O)cc1)NC(=O)[C@H](CC(=O)O)NC(=O)[C@H](Cc1ccc(O)cc1)NC(=O)[C@@H](N)CC(=O)O)C(=O)O. The molecule has 0 aromatic heterocycles. The van der Waals surface area contributed by atoms with Gasteiger partial charge in [0, 0.05) is 19.3 Å². The number of aromatic hydroxyl groups is 2. The van der Waals surface area contributed by atoms with E-state index >= 15 is 0 Å². The van der Waals surface area contributed by atoms with E-state index < -0.39 is 103 Å². The van der Waals surface area contributed by atoms with Crippen molar-refractivity contribution in [2.75, 3.05) is 0 Å². The van der Waals surface area contributed by atoms with E-state index in [-0.39, 0.29) is 24.3 Å². The number of phenolic OH excluding ortho intramolecular Hbond substituents is 2. The Morgan fingerprint density at radius 3 is 1.34 bits per heavy atom. The Balaban J connectivity index is 2.38. The van der Waals surface area contributed by atoms with Crippen molar-refractivity contribution in [2.24, 2.45) is 11.5 Å². The summed E-state index contributed by atoms with van der Waals surface area (Å²) in [5, 5.41) is 56.3. The molecule has 5 amide bonds. The monoisotopic (exact) mass is 702 g/mol. The molecule has 5 atom stereocenters. The maximum atomic E-state index is 13.5. The van der Waals surface area contributed by atoms with Gasteiger partial charge in [-0.2, -0.15) is 0 Å². The van der Waals surface area contributed by atoms with Crippen LogP contribution in [0.15, 0.2) is 48.5 Å². The smallest absolute Gasteiger partial charge is 0.326 e. The van der Waals surface area contributed by atoms with Gasteiger partial charge in [-0.15, -0.1) is 0 Å². The Bertz CT molecular complexity index is 1570. The lowest BCUT2D eigenvalue weighted by Crippen LogP contribution is -2.59. The number of primary amides is 1. The average Bonchev–Trinajstić information content (AvgIpc) is 3.03. The van der Waals surface area contributed by atoms with Crippen LogP contribution in [0.3, 0.4) is 0 Å². The van der Waals surface area contributed by atoms with E-state index in [0.717, 1.165) is 0 Å². The maximum Gasteiger partial charge on any atom is 0.326 e. The molecule has 0 aliphatic heterocycles. The van der Waals surface area contributed by atoms with Crippen LogP contribution < -0.4 is 32.7 Å². The van der Waals surface area contributed by atoms with Gasteiger partial charge < -0.3 is 58.3 Å². The Kier molecular flexibility index (Phi) is 15.1. The van der Waals surface area contributed by atoms with Gasteiger partial charge in [-0.3, -0.25) is 33.6 Å². The van der Waals surface area contributed by atoms with Crippen LogP contribution >= 0.6 is 0 Å². The molecule has 0 aliphatic rings. The van der Waals surface area contributed by atoms with Gasteiger partial charge in [-0.05, 0) is 41.8 Å². The number of rotatable bonds is 20. The highest BCUT2D eigenvalue weighted by molar-refractivity contribution is 5.97. The van der Waals surface area contributed by atoms with Crippen molar-refractivity contribution in [2.45, 2.75) is 68.7 Å². The molecule has 13 N–H and O–H groups in total. The Morgan fingerprint density at radius 2 is 0.940 bits per heavy atom. The van der Waals surface area contributed by atoms with Crippen LogP contribution in [0.1, 0.15) is 36.8 Å². The number of nitrogens with one attached hydrogen (secondary N) is 4. The van der Waals surface area contributed by atoms with E-state index in [9.17, 15) is 58.8 Å². The highest BCUT2D eigenvalue weighted by Crippen LogP contribution is 2.14. The van der Waals surface area contributed by atoms with Crippen molar-refractivity contribution in [3.8, 4) is 11.5 Å². The molecule has 2 rings (SSSR count). The molecule has 0 aliphatic carbocycles. The molecule has 0 radical (unpaired) electrons. The first kappa shape index (κ1) is 39.9. The summed E-state index contributed by atoms with van der Waals surface area (Å²) in [5.74, 6) is -10.00. The molecule has 0 unspecified atom stereocenters. The number of phenols is 2. The van der Waals surface area contributed by atoms with Crippen LogP contribution in [0, 0.1) is 0 Å². The van der Waals surface area contributed by atoms with Crippen LogP contribution in [0.4, 0.5) is 0 Å². The number of nitrogens with two attached hydrogens (primary N) is 2. The number of hydrogen-bond donors (Lipinski definition) is 11. The van der Waals surface area contributed by atoms with E-state index in [0.29, 0.717) is 11.1 Å². The lowest BCUT2D eigenvalue weighted by atomic mass is 10.0. The highest BCUT2D eigenvalue weighted by Gasteiger charge is 2.33. The van der Waals surface area contributed by atoms with Crippen LogP contribution in [0.2, 0.25) is 0 Å². The van der Waals surface area contributed by atoms with Gasteiger partial charge in [-0.1, -0.05) is 24.3 Å². The van der Waals surface area contributed by atoms with Gasteiger partial charge in [-0.25, -0.2) is 4.79 Å². The van der Waals surface area contributed by atoms with Crippen LogP contribution in [-0.4, -0.2) is 103 Å². The quantitative estimate of drug-likeness (QED) is 0.0677. The fourth-order valence-corrected chi connectivity index (χ4v) is 4.46. The van der Waals surface area contributed by atoms with Gasteiger partial charge >= 0.3 is 17.9 Å². The Hall–Kier alpha value is -6.24. The van der Waals surface area contributed by atoms with Crippen molar-refractivity contribution in [1.82, 2.24) is 21.3 Å². The molecule has 19 heteroatoms. The van der Waals surface area contributed by atoms with Gasteiger partial charge in [0.25, 0.3) is 0 Å². The summed E-state index contributed by atoms with van der Waals surface area (Å²) in [7, 11) is 0. The van der Waals surface area contributed by atoms with Gasteiger partial charge in [0.05, 0.1) is 18.9 Å². The van der Waals surface area contributed by atoms with E-state index in [4.69, 9.17) is 16.6 Å². The van der Waals surface area contributed by atoms with Gasteiger partial charge in [0.1, 0.15) is 35.7 Å². The van der Waals surface area contributed by atoms with Gasteiger partial charge in [0.15, 0.2) is 0 Å². The summed E-state index contributed by atoms with van der Waals surface area (Å²) in [6.45, 7) is 0. The number of carboxylic acid groups (broad SMARTS) is 3. The molecule has 2 aromatic rings. The summed E-state index contributed by atoms with van der Waals surface area (Å²) in [4.78, 5) is 98.7. The third-order valence-electron chi connectivity index (χ3n) is 7.06. The Labute approximate surface area is 284 Å². The molecule has 0 saturated carbocycles. The Morgan fingerprint density at radius 1 is 0.560 bits per heavy atom. The molecule has 2 aromatic carbocycles. The summed E-state index contributed by atoms with van der Waals surface area (Å²) < 4.78 is 0. The second kappa shape index (κ2) is 18.9. The molecule has 50 heavy (non-hydrogen) atoms. The molecule has 19 nitrogen and oxygen atoms in total. The fourth-order valence-electron chi connectivity index (χ4n) is 4.46. The molecular weight excluding hydrogens is 664 g/mol. The molecule has 0 saturated heterocycles. The van der Waals surface area contributed by atoms with E-state index in [1.165, 1.54) is 48.5 Å². The molecule has 270 valence electrons. The minimum absolute atomic E-state index is 0.117. The van der Waals surface area contributed by atoms with Crippen LogP contribution in [-0.2, 0) is 51.2 Å². The lowest BCUT2D eigenvalue weighted by Gasteiger charge is -2.26. The number of aliphatic carboxylic acids is 3. The second-order valence-electron chi connectivity index (χ2n) is 11.1. The number of carbonyl (C=O) groups excluding carboxylic acids is 5. The zero-order valence-electron chi connectivity index (χ0n) is 26.4. The average molecular weight is 703 g/mol. The largest absolute Gasteiger partial charge is 0.508 e. The van der Waals surface area contributed by atoms with Crippen molar-refractivity contribution >= 4 is 47.4 Å². The number of carboxylic acids is 3. The van der Waals surface area contributed by atoms with E-state index in [2.05, 4.69) is 21.3 Å². The number of amides is 5. The summed E-state index contributed by atoms with van der Waals surface area (Å²) >= 11 is 0. The normalized spacial score (nSPS) is 13.7. The first-order valence-corrected chi connectivity index (χ1v) is 14.9. The number of carbonyl (C=O) groups is 8. The van der Waals surface area contributed by atoms with Crippen LogP contribution in [0.5, 0.6) is 11.5 Å². The topological polar surface area (TPSA) is 338 Å². The predicted octanol–water partition coefficient (Wildman–Crippen LogP) is -2.55. The van der Waals surface area contributed by atoms with Crippen molar-refractivity contribution in [1.29, 1.82) is 0 Å². The van der Waals surface area contributed by atoms with Crippen LogP contribution in [0.25, 0.3) is 0 Å². The van der Waals surface area contributed by atoms with E-state index in [1.807, 2.05) is 0 Å². The number of benzene rings is 2. The third kappa shape index (κ3) is 13.9. The second-order valence-corrected chi connectivity index (χ2v) is 11.1. The minimum atomic E-state index is -1.88. The summed E-state index contributed by atoms with van der Waals surface area (Å²) in [6, 6.07) is 2.50. The maximum absolute atomic E-state index is 13.5. The third-order valence-corrected chi connectivity index (χ3v) is 7.06. The standard InChI is InChI=1S/C31H38N6O13/c32-19(13-25(41)42)27(45)35-21(11-15-1-5-17(38)6-2-15)29(47)37-23(14-26(43)44)30(48)36-22(12-16-3-7-18(39)8-4-16)28(46)34-20(31(49)50)9-10-24(33)40/h1-8,19-23,38-39H,9-14,32H2,(H2,33,40)(H,34,46)(H,35,45)(H,36,48)(H,37,47)(H,41,42)(H,43,44)(H,49,50)/t19-,20-,21-,22-,23-/m0/s1. The first-order chi connectivity index (χ1) is 23.4. The zero-order chi connectivity index (χ0) is 37.5. The fraction of sp³-hybridized carbons (Fsp3) is 0.355. The number of hydrogen-bond acceptors (Lipinski definition) is 11. The molecule has 0 spiro atoms. The minimum Gasteiger partial charge on any atom is -0.508 e. The highest BCUT2D eigenvalue weighted by atomic mass is 16.4. The molecule has 0 heterocycles. The predicted molar refractivity (Wildman–Crippen MR) is 170 cm³/mol. The molecule has 0 bridgehead atoms. The van der Waals surface area contributed by atoms with Crippen molar-refractivity contribution in [3.63, 3.8) is 0 Å². The van der Waals surface area contributed by atoms with Gasteiger partial charge in [0.2, 0.25) is 29.5 Å². The molecular formula is C31H38N6O13. The van der Waals surface area contributed by atoms with Crippen molar-refractivity contribution in [3.05, 3.63) is 59.7 Å². The summed E-state index contributed by atoms with van der Waals surface area (Å²) in [6.07, 6.45) is -3.21. The molecule has 0 fully saturated rings. The lowest BCUT2D eigenvalue weighted by molar-refractivity contribution is -0.143. The van der Waals surface area contributed by atoms with Crippen molar-refractivity contribution < 1.29 is 63.9 Å². The van der Waals surface area contributed by atoms with E-state index in [1.54, 1.807) is 0 Å². The first-order valence-electron chi connectivity index (χ1n) is 14.9. The zero-order valence-corrected chi connectivity index (χ0v) is 26.4.